The van der Waals surface area contributed by atoms with Crippen molar-refractivity contribution in [1.82, 2.24) is 0 Å². The third-order valence-corrected chi connectivity index (χ3v) is 4.94. The summed E-state index contributed by atoms with van der Waals surface area (Å²) in [5, 5.41) is 0. The highest BCUT2D eigenvalue weighted by atomic mass is 35.6. The number of allylic oxidation sites excluding steroid dienone is 2. The van der Waals surface area contributed by atoms with Gasteiger partial charge in [-0.15, -0.1) is 13.2 Å². The maximum Gasteiger partial charge on any atom is 0.157 e. The Morgan fingerprint density at radius 2 is 2.00 bits per heavy atom. The quantitative estimate of drug-likeness (QED) is 0.340. The number of rotatable bonds is 5. The molecule has 1 unspecified atom stereocenters. The maximum absolute atomic E-state index is 6.23. The molecule has 0 saturated carbocycles. The van der Waals surface area contributed by atoms with Crippen molar-refractivity contribution in [2.24, 2.45) is 0 Å². The van der Waals surface area contributed by atoms with Crippen molar-refractivity contribution in [2.45, 2.75) is 25.1 Å². The molecule has 0 aliphatic carbocycles. The van der Waals surface area contributed by atoms with Crippen molar-refractivity contribution in [1.29, 1.82) is 0 Å². The lowest BCUT2D eigenvalue weighted by molar-refractivity contribution is 1.17. The summed E-state index contributed by atoms with van der Waals surface area (Å²) in [7, 11) is -1.44. The van der Waals surface area contributed by atoms with Crippen LogP contribution in [0.2, 0.25) is 18.6 Å². The van der Waals surface area contributed by atoms with Crippen LogP contribution >= 0.6 is 11.1 Å². The first-order valence-electron chi connectivity index (χ1n) is 3.53. The van der Waals surface area contributed by atoms with E-state index in [0.717, 1.165) is 18.5 Å². The van der Waals surface area contributed by atoms with Gasteiger partial charge in [-0.2, -0.15) is 11.1 Å². The van der Waals surface area contributed by atoms with Crippen molar-refractivity contribution in [3.05, 3.63) is 25.3 Å². The van der Waals surface area contributed by atoms with Crippen LogP contribution in [0.25, 0.3) is 0 Å². The molecule has 0 spiro atoms. The Labute approximate surface area is 69.3 Å². The van der Waals surface area contributed by atoms with Gasteiger partial charge in [0.2, 0.25) is 0 Å². The minimum absolute atomic E-state index is 1.00. The molecule has 10 heavy (non-hydrogen) atoms. The Kier molecular flexibility index (Phi) is 4.74. The van der Waals surface area contributed by atoms with Crippen LogP contribution in [0.5, 0.6) is 0 Å². The molecule has 58 valence electrons. The van der Waals surface area contributed by atoms with Gasteiger partial charge in [-0.05, 0) is 18.5 Å². The van der Waals surface area contributed by atoms with Gasteiger partial charge in [0.1, 0.15) is 0 Å². The summed E-state index contributed by atoms with van der Waals surface area (Å²) in [5.74, 6) is 0. The van der Waals surface area contributed by atoms with E-state index in [2.05, 4.69) is 19.7 Å². The highest BCUT2D eigenvalue weighted by molar-refractivity contribution is 7.19. The molecule has 0 aromatic heterocycles. The van der Waals surface area contributed by atoms with Crippen LogP contribution in [-0.2, 0) is 0 Å². The summed E-state index contributed by atoms with van der Waals surface area (Å²) in [4.78, 5) is 0. The average Bonchev–Trinajstić information content (AvgIpc) is 1.84. The van der Waals surface area contributed by atoms with Crippen molar-refractivity contribution < 1.29 is 0 Å². The van der Waals surface area contributed by atoms with E-state index in [4.69, 9.17) is 11.1 Å². The lowest BCUT2D eigenvalue weighted by Gasteiger charge is -2.15. The van der Waals surface area contributed by atoms with Crippen molar-refractivity contribution >= 4 is 18.5 Å². The fraction of sp³-hybridized carbons (Fsp3) is 0.500. The minimum atomic E-state index is -1.44. The van der Waals surface area contributed by atoms with Gasteiger partial charge in [-0.3, -0.25) is 0 Å². The van der Waals surface area contributed by atoms with Crippen LogP contribution in [-0.4, -0.2) is 7.38 Å². The molecule has 0 heterocycles. The van der Waals surface area contributed by atoms with Crippen LogP contribution in [0, 0.1) is 0 Å². The van der Waals surface area contributed by atoms with E-state index in [0.29, 0.717) is 0 Å². The smallest absolute Gasteiger partial charge is 0.157 e. The summed E-state index contributed by atoms with van der Waals surface area (Å²) in [6.45, 7) is 9.51. The second-order valence-corrected chi connectivity index (χ2v) is 9.21. The van der Waals surface area contributed by atoms with Gasteiger partial charge in [0.15, 0.2) is 7.38 Å². The van der Waals surface area contributed by atoms with E-state index in [1.54, 1.807) is 0 Å². The zero-order valence-corrected chi connectivity index (χ0v) is 8.32. The van der Waals surface area contributed by atoms with Crippen molar-refractivity contribution in [3.8, 4) is 0 Å². The third kappa shape index (κ3) is 4.83. The Bertz CT molecular complexity index is 118. The Hall–Kier alpha value is -0.0131. The number of hydrogen-bond donors (Lipinski definition) is 0. The third-order valence-electron chi connectivity index (χ3n) is 1.44. The highest BCUT2D eigenvalue weighted by Gasteiger charge is 2.20. The zero-order valence-electron chi connectivity index (χ0n) is 6.57. The first kappa shape index (κ1) is 9.99. The van der Waals surface area contributed by atoms with Crippen molar-refractivity contribution in [3.63, 3.8) is 0 Å². The van der Waals surface area contributed by atoms with Crippen LogP contribution in [0.3, 0.4) is 0 Å². The molecular formula is C8H15ClSi. The molecule has 0 bridgehead atoms. The van der Waals surface area contributed by atoms with E-state index in [1.807, 2.05) is 12.2 Å². The standard InChI is InChI=1S/C8H15ClSi/c1-4-6-8-10(3,9)7-5-2/h4-5H,1-2,6-8H2,3H3. The topological polar surface area (TPSA) is 0 Å². The van der Waals surface area contributed by atoms with E-state index >= 15 is 0 Å². The molecule has 0 aliphatic heterocycles. The molecule has 0 fully saturated rings. The number of halogens is 1. The van der Waals surface area contributed by atoms with Gasteiger partial charge in [0.25, 0.3) is 0 Å². The van der Waals surface area contributed by atoms with E-state index in [-0.39, 0.29) is 0 Å². The second kappa shape index (κ2) is 4.75. The molecule has 0 radical (unpaired) electrons. The predicted octanol–water partition coefficient (Wildman–Crippen LogP) is 3.56. The molecule has 0 saturated heterocycles. The fourth-order valence-electron chi connectivity index (χ4n) is 0.806. The van der Waals surface area contributed by atoms with Gasteiger partial charge in [-0.25, -0.2) is 0 Å². The summed E-state index contributed by atoms with van der Waals surface area (Å²) in [6, 6.07) is 2.12. The monoisotopic (exact) mass is 174 g/mol. The molecular weight excluding hydrogens is 160 g/mol. The van der Waals surface area contributed by atoms with E-state index < -0.39 is 7.38 Å². The summed E-state index contributed by atoms with van der Waals surface area (Å²) < 4.78 is 0. The Morgan fingerprint density at radius 3 is 2.40 bits per heavy atom. The summed E-state index contributed by atoms with van der Waals surface area (Å²) >= 11 is 6.23. The predicted molar refractivity (Wildman–Crippen MR) is 52.1 cm³/mol. The molecule has 0 aromatic carbocycles. The Morgan fingerprint density at radius 1 is 1.40 bits per heavy atom. The minimum Gasteiger partial charge on any atom is -0.167 e. The van der Waals surface area contributed by atoms with Gasteiger partial charge in [0.05, 0.1) is 0 Å². The van der Waals surface area contributed by atoms with Crippen LogP contribution in [0.1, 0.15) is 6.42 Å². The molecule has 0 aliphatic rings. The second-order valence-electron chi connectivity index (χ2n) is 2.73. The Balaban J connectivity index is 3.61. The first-order chi connectivity index (χ1) is 4.62. The molecule has 0 N–H and O–H groups in total. The van der Waals surface area contributed by atoms with Gasteiger partial charge in [0, 0.05) is 0 Å². The molecule has 0 aromatic rings. The maximum atomic E-state index is 6.23. The highest BCUT2D eigenvalue weighted by Crippen LogP contribution is 2.22. The molecule has 0 rings (SSSR count). The molecule has 0 amide bonds. The van der Waals surface area contributed by atoms with E-state index in [9.17, 15) is 0 Å². The molecule has 2 heteroatoms. The summed E-state index contributed by atoms with van der Waals surface area (Å²) in [6.07, 6.45) is 4.89. The van der Waals surface area contributed by atoms with Gasteiger partial charge >= 0.3 is 0 Å². The van der Waals surface area contributed by atoms with Crippen LogP contribution in [0.15, 0.2) is 25.3 Å². The van der Waals surface area contributed by atoms with E-state index in [1.165, 1.54) is 0 Å². The zero-order chi connectivity index (χ0) is 8.04. The van der Waals surface area contributed by atoms with Gasteiger partial charge < -0.3 is 0 Å². The fourth-order valence-corrected chi connectivity index (χ4v) is 3.07. The SMILES string of the molecule is C=CCC[Si](C)(Cl)CC=C. The largest absolute Gasteiger partial charge is 0.167 e. The molecule has 1 atom stereocenters. The lowest BCUT2D eigenvalue weighted by atomic mass is 10.5. The average molecular weight is 175 g/mol. The normalized spacial score (nSPS) is 15.8. The van der Waals surface area contributed by atoms with Gasteiger partial charge in [-0.1, -0.05) is 18.7 Å². The van der Waals surface area contributed by atoms with Crippen LogP contribution in [0.4, 0.5) is 0 Å². The summed E-state index contributed by atoms with van der Waals surface area (Å²) in [5.41, 5.74) is 0. The van der Waals surface area contributed by atoms with Crippen LogP contribution < -0.4 is 0 Å². The first-order valence-corrected chi connectivity index (χ1v) is 7.46. The lowest BCUT2D eigenvalue weighted by Crippen LogP contribution is -2.19. The number of hydrogen-bond acceptors (Lipinski definition) is 0. The van der Waals surface area contributed by atoms with Crippen molar-refractivity contribution in [2.75, 3.05) is 0 Å². The molecule has 0 nitrogen and oxygen atoms in total.